The molecule has 0 saturated carbocycles. The van der Waals surface area contributed by atoms with Crippen molar-refractivity contribution in [2.24, 2.45) is 0 Å². The summed E-state index contributed by atoms with van der Waals surface area (Å²) in [5.74, 6) is -0.886. The molecule has 0 aliphatic rings. The van der Waals surface area contributed by atoms with Crippen LogP contribution in [0.15, 0.2) is 36.5 Å². The molecule has 15 heavy (non-hydrogen) atoms. The molecule has 1 aromatic heterocycles. The third-order valence-electron chi connectivity index (χ3n) is 2.32. The van der Waals surface area contributed by atoms with Gasteiger partial charge in [0.05, 0.1) is 0 Å². The highest BCUT2D eigenvalue weighted by atomic mass is 16.4. The van der Waals surface area contributed by atoms with E-state index in [9.17, 15) is 4.79 Å². The standard InChI is InChI=1S/C11H10N2O2/c1-8(11(14)15)13-7-6-9-4-2-3-5-10(9)12-13/h2-8H,1H3/p+1. The summed E-state index contributed by atoms with van der Waals surface area (Å²) in [7, 11) is 0. The fraction of sp³-hybridized carbons (Fsp3) is 0.182. The second kappa shape index (κ2) is 3.65. The van der Waals surface area contributed by atoms with Crippen LogP contribution >= 0.6 is 0 Å². The van der Waals surface area contributed by atoms with Gasteiger partial charge in [-0.15, -0.1) is 0 Å². The van der Waals surface area contributed by atoms with Crippen molar-refractivity contribution < 1.29 is 14.6 Å². The van der Waals surface area contributed by atoms with Crippen LogP contribution in [-0.4, -0.2) is 16.2 Å². The van der Waals surface area contributed by atoms with Gasteiger partial charge in [-0.3, -0.25) is 0 Å². The predicted octanol–water partition coefficient (Wildman–Crippen LogP) is 1.17. The van der Waals surface area contributed by atoms with E-state index in [0.29, 0.717) is 0 Å². The third-order valence-corrected chi connectivity index (χ3v) is 2.32. The van der Waals surface area contributed by atoms with E-state index in [4.69, 9.17) is 5.11 Å². The first-order chi connectivity index (χ1) is 7.18. The molecule has 0 amide bonds. The second-order valence-corrected chi connectivity index (χ2v) is 3.37. The molecular weight excluding hydrogens is 192 g/mol. The van der Waals surface area contributed by atoms with Crippen LogP contribution in [0.25, 0.3) is 10.9 Å². The van der Waals surface area contributed by atoms with E-state index in [1.54, 1.807) is 13.1 Å². The molecule has 1 heterocycles. The Balaban J connectivity index is 2.51. The maximum atomic E-state index is 10.8. The Morgan fingerprint density at radius 2 is 2.13 bits per heavy atom. The van der Waals surface area contributed by atoms with Gasteiger partial charge in [-0.2, -0.15) is 0 Å². The van der Waals surface area contributed by atoms with Crippen molar-refractivity contribution in [1.29, 1.82) is 0 Å². The molecule has 0 radical (unpaired) electrons. The Hall–Kier alpha value is -1.97. The number of fused-ring (bicyclic) bond motifs is 1. The quantitative estimate of drug-likeness (QED) is 0.745. The Bertz CT molecular complexity index is 511. The molecule has 0 bridgehead atoms. The van der Waals surface area contributed by atoms with Crippen LogP contribution in [0.5, 0.6) is 0 Å². The van der Waals surface area contributed by atoms with Gasteiger partial charge in [0.2, 0.25) is 0 Å². The van der Waals surface area contributed by atoms with Crippen molar-refractivity contribution in [1.82, 2.24) is 5.10 Å². The highest BCUT2D eigenvalue weighted by Crippen LogP contribution is 2.07. The number of rotatable bonds is 2. The van der Waals surface area contributed by atoms with Gasteiger partial charge in [0.25, 0.3) is 6.04 Å². The maximum Gasteiger partial charge on any atom is 0.375 e. The van der Waals surface area contributed by atoms with Crippen LogP contribution in [0, 0.1) is 0 Å². The molecule has 0 fully saturated rings. The number of hydrogen-bond donors (Lipinski definition) is 1. The number of hydrogen-bond acceptors (Lipinski definition) is 2. The normalized spacial score (nSPS) is 12.6. The zero-order valence-electron chi connectivity index (χ0n) is 8.29. The molecule has 0 aliphatic carbocycles. The van der Waals surface area contributed by atoms with Gasteiger partial charge in [-0.1, -0.05) is 22.9 Å². The van der Waals surface area contributed by atoms with E-state index in [1.807, 2.05) is 30.3 Å². The molecule has 2 rings (SSSR count). The van der Waals surface area contributed by atoms with Gasteiger partial charge in [0, 0.05) is 23.5 Å². The van der Waals surface area contributed by atoms with E-state index in [0.717, 1.165) is 10.9 Å². The summed E-state index contributed by atoms with van der Waals surface area (Å²) >= 11 is 0. The van der Waals surface area contributed by atoms with Crippen LogP contribution in [0.3, 0.4) is 0 Å². The van der Waals surface area contributed by atoms with E-state index in [1.165, 1.54) is 4.68 Å². The van der Waals surface area contributed by atoms with E-state index in [-0.39, 0.29) is 0 Å². The number of carbonyl (C=O) groups is 1. The fourth-order valence-electron chi connectivity index (χ4n) is 1.36. The zero-order chi connectivity index (χ0) is 10.8. The first kappa shape index (κ1) is 9.58. The molecule has 1 N–H and O–H groups in total. The van der Waals surface area contributed by atoms with Crippen molar-refractivity contribution in [3.63, 3.8) is 0 Å². The Kier molecular flexibility index (Phi) is 2.33. The minimum Gasteiger partial charge on any atom is -0.476 e. The minimum atomic E-state index is -0.886. The molecule has 4 nitrogen and oxygen atoms in total. The van der Waals surface area contributed by atoms with E-state index >= 15 is 0 Å². The van der Waals surface area contributed by atoms with E-state index in [2.05, 4.69) is 5.10 Å². The topological polar surface area (TPSA) is 54.1 Å². The number of benzene rings is 1. The number of nitrogens with zero attached hydrogens (tertiary/aromatic N) is 2. The largest absolute Gasteiger partial charge is 0.476 e. The van der Waals surface area contributed by atoms with Gasteiger partial charge in [0.1, 0.15) is 5.52 Å². The molecule has 76 valence electrons. The number of carboxylic acids is 1. The summed E-state index contributed by atoms with van der Waals surface area (Å²) < 4.78 is 1.45. The Morgan fingerprint density at radius 3 is 2.87 bits per heavy atom. The lowest BCUT2D eigenvalue weighted by atomic mass is 10.2. The number of carboxylic acid groups (broad SMARTS) is 1. The molecular formula is C11H11N2O2+. The van der Waals surface area contributed by atoms with Crippen molar-refractivity contribution in [2.75, 3.05) is 0 Å². The summed E-state index contributed by atoms with van der Waals surface area (Å²) in [6, 6.07) is 8.83. The molecule has 4 heteroatoms. The lowest BCUT2D eigenvalue weighted by Gasteiger charge is -1.99. The van der Waals surface area contributed by atoms with Crippen molar-refractivity contribution in [2.45, 2.75) is 13.0 Å². The summed E-state index contributed by atoms with van der Waals surface area (Å²) in [6.45, 7) is 1.60. The first-order valence-corrected chi connectivity index (χ1v) is 4.68. The summed E-state index contributed by atoms with van der Waals surface area (Å²) in [6.07, 6.45) is 1.68. The second-order valence-electron chi connectivity index (χ2n) is 3.37. The van der Waals surface area contributed by atoms with Crippen LogP contribution in [0.4, 0.5) is 0 Å². The number of aromatic nitrogens is 2. The Labute approximate surface area is 86.8 Å². The molecule has 1 aromatic carbocycles. The Morgan fingerprint density at radius 1 is 1.40 bits per heavy atom. The lowest BCUT2D eigenvalue weighted by Crippen LogP contribution is -2.45. The van der Waals surface area contributed by atoms with Crippen molar-refractivity contribution >= 4 is 16.9 Å². The van der Waals surface area contributed by atoms with Crippen molar-refractivity contribution in [3.05, 3.63) is 36.5 Å². The molecule has 0 aliphatic heterocycles. The lowest BCUT2D eigenvalue weighted by molar-refractivity contribution is -0.761. The van der Waals surface area contributed by atoms with Crippen molar-refractivity contribution in [3.8, 4) is 0 Å². The molecule has 0 spiro atoms. The fourth-order valence-corrected chi connectivity index (χ4v) is 1.36. The van der Waals surface area contributed by atoms with Gasteiger partial charge in [0.15, 0.2) is 6.20 Å². The van der Waals surface area contributed by atoms with Gasteiger partial charge >= 0.3 is 5.97 Å². The minimum absolute atomic E-state index is 0.644. The SMILES string of the molecule is CC(C(=O)O)[n+]1ccc2ccccc2n1. The highest BCUT2D eigenvalue weighted by Gasteiger charge is 2.22. The van der Waals surface area contributed by atoms with Crippen LogP contribution < -0.4 is 4.68 Å². The van der Waals surface area contributed by atoms with Crippen LogP contribution in [0.1, 0.15) is 13.0 Å². The zero-order valence-corrected chi connectivity index (χ0v) is 8.29. The van der Waals surface area contributed by atoms with Gasteiger partial charge in [-0.05, 0) is 6.07 Å². The summed E-state index contributed by atoms with van der Waals surface area (Å²) in [5, 5.41) is 14.1. The van der Waals surface area contributed by atoms with Gasteiger partial charge in [-0.25, -0.2) is 4.79 Å². The predicted molar refractivity (Wildman–Crippen MR) is 54.3 cm³/mol. The van der Waals surface area contributed by atoms with Crippen LogP contribution in [-0.2, 0) is 4.79 Å². The molecule has 1 atom stereocenters. The molecule has 0 saturated heterocycles. The number of aliphatic carboxylic acids is 1. The van der Waals surface area contributed by atoms with E-state index < -0.39 is 12.0 Å². The third kappa shape index (κ3) is 1.79. The summed E-state index contributed by atoms with van der Waals surface area (Å²) in [5.41, 5.74) is 0.799. The molecule has 1 unspecified atom stereocenters. The first-order valence-electron chi connectivity index (χ1n) is 4.68. The highest BCUT2D eigenvalue weighted by molar-refractivity contribution is 5.76. The smallest absolute Gasteiger partial charge is 0.375 e. The molecule has 2 aromatic rings. The summed E-state index contributed by atoms with van der Waals surface area (Å²) in [4.78, 5) is 10.8. The van der Waals surface area contributed by atoms with Gasteiger partial charge < -0.3 is 5.11 Å². The van der Waals surface area contributed by atoms with Crippen LogP contribution in [0.2, 0.25) is 0 Å². The average Bonchev–Trinajstić information content (AvgIpc) is 2.27. The maximum absolute atomic E-state index is 10.8. The average molecular weight is 203 g/mol. The monoisotopic (exact) mass is 203 g/mol.